The second-order valence-corrected chi connectivity index (χ2v) is 24.9. The van der Waals surface area contributed by atoms with E-state index in [4.69, 9.17) is 33.4 Å². The van der Waals surface area contributed by atoms with Crippen molar-refractivity contribution in [1.29, 1.82) is 0 Å². The predicted molar refractivity (Wildman–Crippen MR) is 367 cm³/mol. The van der Waals surface area contributed by atoms with Gasteiger partial charge in [-0.1, -0.05) is 79.7 Å². The minimum Gasteiger partial charge on any atom is -0.458 e. The normalized spacial score (nSPS) is 15.5. The molecule has 30 nitrogen and oxygen atoms in total. The van der Waals surface area contributed by atoms with Gasteiger partial charge in [0.05, 0.1) is 120 Å². The molecule has 9 N–H and O–H groups in total. The van der Waals surface area contributed by atoms with Gasteiger partial charge >= 0.3 is 5.97 Å². The number of ether oxygens (including phenoxy) is 6. The van der Waals surface area contributed by atoms with Gasteiger partial charge in [-0.3, -0.25) is 43.2 Å². The number of benzene rings is 4. The number of aromatic nitrogens is 5. The monoisotopic (exact) mass is 1420 g/mol. The third-order valence-electron chi connectivity index (χ3n) is 18.2. The fraction of sp³-hybridized carbons (Fsp3) is 0.403. The van der Waals surface area contributed by atoms with Gasteiger partial charge in [-0.15, -0.1) is 0 Å². The summed E-state index contributed by atoms with van der Waals surface area (Å²) in [6.45, 7) is 2.98. The van der Waals surface area contributed by atoms with Crippen LogP contribution in [0.4, 0.5) is 10.1 Å². The van der Waals surface area contributed by atoms with Gasteiger partial charge in [0.25, 0.3) is 5.56 Å². The van der Waals surface area contributed by atoms with E-state index in [-0.39, 0.29) is 114 Å². The van der Waals surface area contributed by atoms with Crippen LogP contribution in [0.5, 0.6) is 0 Å². The number of nitrogens with one attached hydrogen (secondary N) is 8. The number of fused-ring (bicyclic) bond motifs is 10. The lowest BCUT2D eigenvalue weighted by atomic mass is 9.81. The van der Waals surface area contributed by atoms with E-state index in [0.29, 0.717) is 94.2 Å². The van der Waals surface area contributed by atoms with Crippen molar-refractivity contribution in [1.82, 2.24) is 62.2 Å². The number of hydrogen-bond acceptors (Lipinski definition) is 20. The number of H-pyrrole nitrogens is 1. The van der Waals surface area contributed by atoms with Crippen LogP contribution >= 0.6 is 0 Å². The zero-order valence-corrected chi connectivity index (χ0v) is 56.9. The summed E-state index contributed by atoms with van der Waals surface area (Å²) in [5.41, 5.74) is 6.36. The number of amides is 8. The van der Waals surface area contributed by atoms with Gasteiger partial charge in [-0.2, -0.15) is 15.4 Å². The van der Waals surface area contributed by atoms with E-state index in [2.05, 4.69) is 52.6 Å². The summed E-state index contributed by atoms with van der Waals surface area (Å²) in [5.74, 6) is -5.67. The lowest BCUT2D eigenvalue weighted by molar-refractivity contribution is -0.172. The number of carbonyl (C=O) groups excluding carboxylic acids is 9. The maximum atomic E-state index is 15.4. The first-order valence-electron chi connectivity index (χ1n) is 34.0. The molecule has 103 heavy (non-hydrogen) atoms. The van der Waals surface area contributed by atoms with Crippen LogP contribution in [0.15, 0.2) is 95.8 Å². The Morgan fingerprint density at radius 3 is 2.09 bits per heavy atom. The molecule has 1 unspecified atom stereocenters. The zero-order chi connectivity index (χ0) is 72.6. The quantitative estimate of drug-likeness (QED) is 0.0158. The first-order chi connectivity index (χ1) is 49.9. The second kappa shape index (κ2) is 34.3. The largest absolute Gasteiger partial charge is 0.458 e. The molecule has 6 heterocycles. The molecule has 0 fully saturated rings. The van der Waals surface area contributed by atoms with Crippen molar-refractivity contribution in [2.24, 2.45) is 0 Å². The second-order valence-electron chi connectivity index (χ2n) is 24.9. The van der Waals surface area contributed by atoms with Gasteiger partial charge in [-0.05, 0) is 66.1 Å². The molecule has 31 heteroatoms. The van der Waals surface area contributed by atoms with Crippen molar-refractivity contribution in [3.8, 4) is 33.9 Å². The van der Waals surface area contributed by atoms with Crippen LogP contribution in [-0.4, -0.2) is 182 Å². The number of rotatable bonds is 34. The van der Waals surface area contributed by atoms with Gasteiger partial charge in [-0.25, -0.2) is 14.2 Å². The molecular weight excluding hydrogens is 1340 g/mol. The van der Waals surface area contributed by atoms with E-state index in [0.717, 1.165) is 22.3 Å². The first kappa shape index (κ1) is 73.5. The molecule has 0 saturated carbocycles. The summed E-state index contributed by atoms with van der Waals surface area (Å²) in [6.07, 6.45) is 0.664. The highest BCUT2D eigenvalue weighted by atomic mass is 19.1. The molecule has 8 amide bonds. The van der Waals surface area contributed by atoms with Gasteiger partial charge in [0.2, 0.25) is 47.3 Å². The fourth-order valence-corrected chi connectivity index (χ4v) is 12.9. The highest BCUT2D eigenvalue weighted by Crippen LogP contribution is 2.46. The molecule has 0 radical (unpaired) electrons. The Balaban J connectivity index is 0.521. The molecule has 3 atom stereocenters. The van der Waals surface area contributed by atoms with Gasteiger partial charge < -0.3 is 80.2 Å². The fourth-order valence-electron chi connectivity index (χ4n) is 12.9. The maximum absolute atomic E-state index is 15.4. The summed E-state index contributed by atoms with van der Waals surface area (Å²) in [4.78, 5) is 138. The van der Waals surface area contributed by atoms with E-state index < -0.39 is 103 Å². The van der Waals surface area contributed by atoms with Crippen LogP contribution in [0.25, 0.3) is 44.8 Å². The SMILES string of the molecule is CC[C@]1(O)C(=O)OCc2c1cc1n(c2=O)Cc2c-1nc1cc(F)c(C)c3c1c2[C@H](NC(=O)COCNC(=O)CNC(=O)C(Cc1ccccc1)NC(=O)CNC(=O)CNC(=O)CCOCCOCCOCCOCCNC(=O)CCC(=O)N1Cc2ccccc2-c2n[nH]nc2-c2ccccc21)CC3. The lowest BCUT2D eigenvalue weighted by Gasteiger charge is -2.31. The van der Waals surface area contributed by atoms with E-state index in [1.54, 1.807) is 55.1 Å². The Hall–Kier alpha value is -10.7. The summed E-state index contributed by atoms with van der Waals surface area (Å²) < 4.78 is 49.7. The van der Waals surface area contributed by atoms with Crippen molar-refractivity contribution < 1.29 is 81.1 Å². The van der Waals surface area contributed by atoms with Gasteiger partial charge in [0.1, 0.15) is 43.2 Å². The number of para-hydroxylation sites is 1. The van der Waals surface area contributed by atoms with Crippen molar-refractivity contribution in [2.45, 2.75) is 96.2 Å². The average Bonchev–Trinajstić information content (AvgIpc) is 1.66. The Morgan fingerprint density at radius 2 is 1.33 bits per heavy atom. The molecule has 0 bridgehead atoms. The van der Waals surface area contributed by atoms with Crippen molar-refractivity contribution in [3.05, 3.63) is 152 Å². The Labute approximate surface area is 589 Å². The molecule has 1 aliphatic carbocycles. The predicted octanol–water partition coefficient (Wildman–Crippen LogP) is 2.15. The minimum absolute atomic E-state index is 0.00193. The van der Waals surface area contributed by atoms with Crippen LogP contribution in [-0.2, 0) is 110 Å². The van der Waals surface area contributed by atoms with Crippen LogP contribution in [0.1, 0.15) is 89.6 Å². The number of pyridine rings is 2. The van der Waals surface area contributed by atoms with E-state index in [9.17, 15) is 53.1 Å². The zero-order valence-electron chi connectivity index (χ0n) is 56.9. The molecule has 0 spiro atoms. The lowest BCUT2D eigenvalue weighted by Crippen LogP contribution is -2.52. The summed E-state index contributed by atoms with van der Waals surface area (Å²) >= 11 is 0. The van der Waals surface area contributed by atoms with E-state index in [1.165, 1.54) is 10.6 Å². The van der Waals surface area contributed by atoms with Crippen LogP contribution < -0.4 is 47.7 Å². The number of nitrogens with zero attached hydrogens (tertiary/aromatic N) is 5. The third-order valence-corrected chi connectivity index (χ3v) is 18.2. The molecule has 7 aromatic rings. The summed E-state index contributed by atoms with van der Waals surface area (Å²) in [7, 11) is 0. The number of aliphatic hydroxyl groups is 1. The number of halogens is 1. The molecule has 3 aliphatic heterocycles. The van der Waals surface area contributed by atoms with Crippen molar-refractivity contribution >= 4 is 69.8 Å². The Morgan fingerprint density at radius 1 is 0.680 bits per heavy atom. The molecule has 11 rings (SSSR count). The number of hydrogen-bond donors (Lipinski definition) is 9. The number of esters is 1. The molecular formula is C72H80FN13O17. The van der Waals surface area contributed by atoms with Crippen LogP contribution in [0.3, 0.4) is 0 Å². The molecule has 3 aromatic heterocycles. The first-order valence-corrected chi connectivity index (χ1v) is 34.0. The standard InChI is InChI=1S/C72H80FN13O17/c1-3-72(97)50-32-56-66-48(38-86(56)70(95)49(50)39-103-71(72)96)65-52(18-17-45-42(2)51(73)33-53(81-66)64(45)65)79-62(92)40-102-41-78-60(90)35-77-69(94)54(31-43-11-5-4-6-12-43)80-61(91)36-76-59(89)34-75-58(88)21-23-98-25-27-100-29-30-101-28-26-99-24-22-74-57(87)19-20-63(93)85-37-44-13-7-8-14-46(44)67-68(83-84-82-67)47-15-9-10-16-55(47)85/h4-16,32-33,52,54,97H,3,17-31,34-41H2,1-2H3,(H,74,87)(H,75,88)(H,76,89)(H,77,94)(H,78,90)(H,79,92)(H,80,91)(H,82,83,84)/t52-,54?,72-/m1/s1. The summed E-state index contributed by atoms with van der Waals surface area (Å²) in [5, 5.41) is 41.8. The molecule has 4 aromatic carbocycles. The highest BCUT2D eigenvalue weighted by Gasteiger charge is 2.46. The summed E-state index contributed by atoms with van der Waals surface area (Å²) in [6, 6.07) is 25.0. The number of aromatic amines is 1. The smallest absolute Gasteiger partial charge is 0.343 e. The average molecular weight is 1420 g/mol. The number of cyclic esters (lactones) is 1. The van der Waals surface area contributed by atoms with Crippen LogP contribution in [0.2, 0.25) is 0 Å². The highest BCUT2D eigenvalue weighted by molar-refractivity contribution is 6.01. The van der Waals surface area contributed by atoms with Crippen molar-refractivity contribution in [2.75, 3.05) is 97.3 Å². The molecule has 542 valence electrons. The van der Waals surface area contributed by atoms with E-state index in [1.807, 2.05) is 48.5 Å². The van der Waals surface area contributed by atoms with Gasteiger partial charge in [0.15, 0.2) is 5.60 Å². The van der Waals surface area contributed by atoms with E-state index >= 15 is 4.39 Å². The molecule has 4 aliphatic rings. The third kappa shape index (κ3) is 17.6. The Bertz CT molecular complexity index is 4420. The topological polar surface area (TPSA) is 393 Å². The Kier molecular flexibility index (Phi) is 24.5. The van der Waals surface area contributed by atoms with Gasteiger partial charge in [0, 0.05) is 65.9 Å². The number of carbonyl (C=O) groups is 9. The number of anilines is 1. The van der Waals surface area contributed by atoms with Crippen molar-refractivity contribution in [3.63, 3.8) is 0 Å². The number of aryl methyl sites for hydroxylation is 1. The van der Waals surface area contributed by atoms with Crippen LogP contribution in [0, 0.1) is 12.7 Å². The minimum atomic E-state index is -2.06. The maximum Gasteiger partial charge on any atom is 0.343 e. The molecule has 0 saturated heterocycles.